The third kappa shape index (κ3) is 4.50. The van der Waals surface area contributed by atoms with Gasteiger partial charge in [0.25, 0.3) is 5.91 Å². The van der Waals surface area contributed by atoms with Crippen molar-refractivity contribution in [3.8, 4) is 17.0 Å². The van der Waals surface area contributed by atoms with Crippen LogP contribution in [0.1, 0.15) is 30.0 Å². The Morgan fingerprint density at radius 1 is 1.25 bits per heavy atom. The Balaban J connectivity index is 1.72. The molecule has 0 spiro atoms. The molecule has 0 aliphatic carbocycles. The SMILES string of the molecule is CC(C)Oc1ccc(-c2csc(NC(=O)c3cc(C(F)(F)F)nn3C)n2)cc1. The number of nitrogens with one attached hydrogen (secondary N) is 1. The molecule has 2 aromatic heterocycles. The van der Waals surface area contributed by atoms with Crippen LogP contribution in [0.25, 0.3) is 11.3 Å². The lowest BCUT2D eigenvalue weighted by Crippen LogP contribution is -2.15. The Morgan fingerprint density at radius 2 is 1.93 bits per heavy atom. The van der Waals surface area contributed by atoms with Gasteiger partial charge in [0.1, 0.15) is 11.4 Å². The molecule has 1 N–H and O–H groups in total. The van der Waals surface area contributed by atoms with E-state index in [0.29, 0.717) is 11.8 Å². The summed E-state index contributed by atoms with van der Waals surface area (Å²) in [7, 11) is 1.28. The summed E-state index contributed by atoms with van der Waals surface area (Å²) in [4.78, 5) is 16.6. The fourth-order valence-corrected chi connectivity index (χ4v) is 3.13. The molecule has 0 aliphatic rings. The summed E-state index contributed by atoms with van der Waals surface area (Å²) in [5, 5.41) is 7.86. The normalized spacial score (nSPS) is 11.7. The summed E-state index contributed by atoms with van der Waals surface area (Å²) in [5.74, 6) is 0.0197. The second-order valence-electron chi connectivity index (χ2n) is 6.22. The van der Waals surface area contributed by atoms with Crippen molar-refractivity contribution in [1.82, 2.24) is 14.8 Å². The van der Waals surface area contributed by atoms with Gasteiger partial charge in [0, 0.05) is 24.1 Å². The summed E-state index contributed by atoms with van der Waals surface area (Å²) in [5.41, 5.74) is 0.132. The molecule has 2 heterocycles. The number of hydrogen-bond donors (Lipinski definition) is 1. The van der Waals surface area contributed by atoms with Crippen LogP contribution in [0.3, 0.4) is 0 Å². The van der Waals surface area contributed by atoms with Crippen LogP contribution in [-0.2, 0) is 13.2 Å². The van der Waals surface area contributed by atoms with Gasteiger partial charge < -0.3 is 4.74 Å². The molecule has 3 rings (SSSR count). The molecule has 10 heteroatoms. The molecule has 0 radical (unpaired) electrons. The highest BCUT2D eigenvalue weighted by Gasteiger charge is 2.35. The molecule has 3 aromatic rings. The molecule has 1 amide bonds. The standard InChI is InChI=1S/C18H17F3N4O2S/c1-10(2)27-12-6-4-11(5-7-12)13-9-28-17(22-13)23-16(26)14-8-15(18(19,20)21)24-25(14)3/h4-10H,1-3H3,(H,22,23,26). The van der Waals surface area contributed by atoms with Crippen LogP contribution >= 0.6 is 11.3 Å². The number of carbonyl (C=O) groups excluding carboxylic acids is 1. The largest absolute Gasteiger partial charge is 0.491 e. The van der Waals surface area contributed by atoms with Crippen LogP contribution in [0, 0.1) is 0 Å². The minimum absolute atomic E-state index is 0.0665. The Hall–Kier alpha value is -2.88. The Morgan fingerprint density at radius 3 is 2.50 bits per heavy atom. The maximum atomic E-state index is 12.7. The molecule has 0 saturated carbocycles. The molecule has 0 bridgehead atoms. The predicted molar refractivity (Wildman–Crippen MR) is 99.5 cm³/mol. The van der Waals surface area contributed by atoms with Crippen LogP contribution in [0.4, 0.5) is 18.3 Å². The smallest absolute Gasteiger partial charge is 0.435 e. The van der Waals surface area contributed by atoms with E-state index in [0.717, 1.165) is 16.0 Å². The molecular weight excluding hydrogens is 393 g/mol. The van der Waals surface area contributed by atoms with E-state index in [-0.39, 0.29) is 16.9 Å². The van der Waals surface area contributed by atoms with E-state index in [1.54, 1.807) is 5.38 Å². The fourth-order valence-electron chi connectivity index (χ4n) is 2.42. The monoisotopic (exact) mass is 410 g/mol. The van der Waals surface area contributed by atoms with Crippen molar-refractivity contribution in [2.75, 3.05) is 5.32 Å². The highest BCUT2D eigenvalue weighted by Crippen LogP contribution is 2.29. The Labute approximate surface area is 163 Å². The van der Waals surface area contributed by atoms with E-state index in [4.69, 9.17) is 4.74 Å². The average molecular weight is 410 g/mol. The van der Waals surface area contributed by atoms with Gasteiger partial charge in [0.2, 0.25) is 0 Å². The first-order valence-corrected chi connectivity index (χ1v) is 9.16. The van der Waals surface area contributed by atoms with Gasteiger partial charge in [-0.1, -0.05) is 0 Å². The number of aryl methyl sites for hydroxylation is 1. The zero-order valence-corrected chi connectivity index (χ0v) is 16.1. The van der Waals surface area contributed by atoms with Crippen LogP contribution < -0.4 is 10.1 Å². The van der Waals surface area contributed by atoms with Crippen molar-refractivity contribution in [3.63, 3.8) is 0 Å². The van der Waals surface area contributed by atoms with Gasteiger partial charge in [-0.3, -0.25) is 14.8 Å². The van der Waals surface area contributed by atoms with Gasteiger partial charge in [-0.05, 0) is 38.1 Å². The van der Waals surface area contributed by atoms with E-state index < -0.39 is 17.8 Å². The first kappa shape index (κ1) is 19.9. The van der Waals surface area contributed by atoms with Crippen LogP contribution in [0.2, 0.25) is 0 Å². The number of rotatable bonds is 5. The number of alkyl halides is 3. The van der Waals surface area contributed by atoms with Crippen molar-refractivity contribution in [1.29, 1.82) is 0 Å². The van der Waals surface area contributed by atoms with Crippen LogP contribution in [-0.4, -0.2) is 26.8 Å². The van der Waals surface area contributed by atoms with Crippen molar-refractivity contribution < 1.29 is 22.7 Å². The first-order valence-electron chi connectivity index (χ1n) is 8.28. The average Bonchev–Trinajstić information content (AvgIpc) is 3.21. The molecule has 0 fully saturated rings. The molecule has 0 aliphatic heterocycles. The van der Waals surface area contributed by atoms with E-state index in [2.05, 4.69) is 15.4 Å². The second kappa shape index (κ2) is 7.63. The first-order chi connectivity index (χ1) is 13.1. The van der Waals surface area contributed by atoms with Crippen molar-refractivity contribution in [3.05, 3.63) is 47.1 Å². The molecule has 1 aromatic carbocycles. The van der Waals surface area contributed by atoms with Gasteiger partial charge >= 0.3 is 6.18 Å². The molecule has 0 unspecified atom stereocenters. The molecule has 0 saturated heterocycles. The van der Waals surface area contributed by atoms with Gasteiger partial charge in [0.05, 0.1) is 11.8 Å². The number of anilines is 1. The van der Waals surface area contributed by atoms with Crippen molar-refractivity contribution >= 4 is 22.4 Å². The van der Waals surface area contributed by atoms with E-state index in [1.807, 2.05) is 38.1 Å². The molecule has 6 nitrogen and oxygen atoms in total. The lowest BCUT2D eigenvalue weighted by atomic mass is 10.2. The van der Waals surface area contributed by atoms with Crippen LogP contribution in [0.15, 0.2) is 35.7 Å². The Bertz CT molecular complexity index is 978. The maximum Gasteiger partial charge on any atom is 0.435 e. The number of nitrogens with zero attached hydrogens (tertiary/aromatic N) is 3. The van der Waals surface area contributed by atoms with Gasteiger partial charge in [-0.2, -0.15) is 18.3 Å². The number of halogens is 3. The summed E-state index contributed by atoms with van der Waals surface area (Å²) in [6.45, 7) is 3.87. The Kier molecular flexibility index (Phi) is 5.41. The number of aromatic nitrogens is 3. The third-order valence-electron chi connectivity index (χ3n) is 3.65. The molecule has 148 valence electrons. The number of ether oxygens (including phenoxy) is 1. The second-order valence-corrected chi connectivity index (χ2v) is 7.08. The number of benzene rings is 1. The highest BCUT2D eigenvalue weighted by atomic mass is 32.1. The quantitative estimate of drug-likeness (QED) is 0.667. The number of thiazole rings is 1. The van der Waals surface area contributed by atoms with Crippen LogP contribution in [0.5, 0.6) is 5.75 Å². The van der Waals surface area contributed by atoms with Crippen molar-refractivity contribution in [2.45, 2.75) is 26.1 Å². The zero-order valence-electron chi connectivity index (χ0n) is 15.2. The highest BCUT2D eigenvalue weighted by molar-refractivity contribution is 7.14. The minimum Gasteiger partial charge on any atom is -0.491 e. The van der Waals surface area contributed by atoms with E-state index in [1.165, 1.54) is 18.4 Å². The van der Waals surface area contributed by atoms with Gasteiger partial charge in [-0.15, -0.1) is 11.3 Å². The number of carbonyl (C=O) groups is 1. The molecular formula is C18H17F3N4O2S. The molecule has 28 heavy (non-hydrogen) atoms. The van der Waals surface area contributed by atoms with E-state index >= 15 is 0 Å². The maximum absolute atomic E-state index is 12.7. The minimum atomic E-state index is -4.61. The number of hydrogen-bond acceptors (Lipinski definition) is 5. The topological polar surface area (TPSA) is 69.0 Å². The summed E-state index contributed by atoms with van der Waals surface area (Å²) < 4.78 is 44.7. The lowest BCUT2D eigenvalue weighted by Gasteiger charge is -2.09. The summed E-state index contributed by atoms with van der Waals surface area (Å²) in [6.07, 6.45) is -4.55. The van der Waals surface area contributed by atoms with Crippen molar-refractivity contribution in [2.24, 2.45) is 7.05 Å². The third-order valence-corrected chi connectivity index (χ3v) is 4.41. The summed E-state index contributed by atoms with van der Waals surface area (Å²) >= 11 is 1.17. The lowest BCUT2D eigenvalue weighted by molar-refractivity contribution is -0.141. The predicted octanol–water partition coefficient (Wildman–Crippen LogP) is 4.60. The van der Waals surface area contributed by atoms with Gasteiger partial charge in [-0.25, -0.2) is 4.98 Å². The molecule has 0 atom stereocenters. The summed E-state index contributed by atoms with van der Waals surface area (Å²) in [6, 6.07) is 8.03. The zero-order chi connectivity index (χ0) is 20.5. The van der Waals surface area contributed by atoms with E-state index in [9.17, 15) is 18.0 Å². The fraction of sp³-hybridized carbons (Fsp3) is 0.278. The number of amides is 1. The van der Waals surface area contributed by atoms with Gasteiger partial charge in [0.15, 0.2) is 10.8 Å².